The quantitative estimate of drug-likeness (QED) is 0.743. The third-order valence-electron chi connectivity index (χ3n) is 4.05. The van der Waals surface area contributed by atoms with Crippen molar-refractivity contribution < 1.29 is 4.39 Å². The number of thioether (sulfide) groups is 1. The van der Waals surface area contributed by atoms with Gasteiger partial charge in [0, 0.05) is 22.7 Å². The van der Waals surface area contributed by atoms with E-state index in [1.165, 1.54) is 18.5 Å². The number of hydrogen-bond donors (Lipinski definition) is 2. The normalized spacial score (nSPS) is 15.8. The molecule has 0 radical (unpaired) electrons. The van der Waals surface area contributed by atoms with Gasteiger partial charge in [-0.25, -0.2) is 14.5 Å². The van der Waals surface area contributed by atoms with Gasteiger partial charge in [-0.05, 0) is 44.2 Å². The van der Waals surface area contributed by atoms with Crippen molar-refractivity contribution in [2.45, 2.75) is 13.8 Å². The first-order valence-corrected chi connectivity index (χ1v) is 8.95. The zero-order chi connectivity index (χ0) is 18.1. The molecule has 0 bridgehead atoms. The van der Waals surface area contributed by atoms with E-state index in [1.54, 1.807) is 23.9 Å². The summed E-state index contributed by atoms with van der Waals surface area (Å²) in [5.41, 5.74) is 7.75. The zero-order valence-electron chi connectivity index (χ0n) is 14.2. The highest BCUT2D eigenvalue weighted by molar-refractivity contribution is 8.14. The van der Waals surface area contributed by atoms with E-state index < -0.39 is 0 Å². The number of benzene rings is 1. The van der Waals surface area contributed by atoms with Crippen LogP contribution in [0, 0.1) is 19.7 Å². The summed E-state index contributed by atoms with van der Waals surface area (Å²) < 4.78 is 15.0. The van der Waals surface area contributed by atoms with E-state index in [1.807, 2.05) is 18.4 Å². The van der Waals surface area contributed by atoms with Crippen LogP contribution in [0.4, 0.5) is 10.1 Å². The highest BCUT2D eigenvalue weighted by Crippen LogP contribution is 2.23. The highest BCUT2D eigenvalue weighted by Gasteiger charge is 2.20. The lowest BCUT2D eigenvalue weighted by Gasteiger charge is -2.15. The van der Waals surface area contributed by atoms with Crippen LogP contribution in [0.25, 0.3) is 5.95 Å². The van der Waals surface area contributed by atoms with Crippen LogP contribution in [-0.4, -0.2) is 36.4 Å². The number of aromatic nitrogens is 4. The van der Waals surface area contributed by atoms with Crippen LogP contribution in [0.1, 0.15) is 17.0 Å². The summed E-state index contributed by atoms with van der Waals surface area (Å²) in [6.07, 6.45) is 1.49. The van der Waals surface area contributed by atoms with E-state index in [0.29, 0.717) is 22.6 Å². The Balaban J connectivity index is 1.58. The molecule has 2 aromatic heterocycles. The Morgan fingerprint density at radius 3 is 2.69 bits per heavy atom. The molecule has 4 rings (SSSR count). The molecule has 0 amide bonds. The molecule has 132 valence electrons. The van der Waals surface area contributed by atoms with Gasteiger partial charge < -0.3 is 0 Å². The summed E-state index contributed by atoms with van der Waals surface area (Å²) in [7, 11) is 0. The Labute approximate surface area is 153 Å². The molecule has 3 aromatic rings. The van der Waals surface area contributed by atoms with Gasteiger partial charge in [-0.2, -0.15) is 15.2 Å². The molecular formula is C17H16FN7S. The molecule has 0 spiro atoms. The number of aromatic amines is 1. The third-order valence-corrected chi connectivity index (χ3v) is 4.92. The smallest absolute Gasteiger partial charge is 0.229 e. The predicted molar refractivity (Wildman–Crippen MR) is 101 cm³/mol. The highest BCUT2D eigenvalue weighted by atomic mass is 32.2. The second-order valence-electron chi connectivity index (χ2n) is 5.78. The summed E-state index contributed by atoms with van der Waals surface area (Å²) in [6, 6.07) is 8.13. The summed E-state index contributed by atoms with van der Waals surface area (Å²) in [5, 5.41) is 12.0. The number of aliphatic imine (C=N–C) groups is 1. The molecule has 0 saturated carbocycles. The minimum Gasteiger partial charge on any atom is -0.287 e. The van der Waals surface area contributed by atoms with Crippen molar-refractivity contribution in [1.82, 2.24) is 25.2 Å². The van der Waals surface area contributed by atoms with E-state index in [0.717, 1.165) is 22.7 Å². The van der Waals surface area contributed by atoms with Crippen LogP contribution in [0.5, 0.6) is 0 Å². The monoisotopic (exact) mass is 369 g/mol. The second kappa shape index (κ2) is 6.75. The maximum absolute atomic E-state index is 13.0. The van der Waals surface area contributed by atoms with Crippen LogP contribution in [0.3, 0.4) is 0 Å². The fourth-order valence-corrected chi connectivity index (χ4v) is 3.61. The lowest BCUT2D eigenvalue weighted by molar-refractivity contribution is 0.628. The Bertz CT molecular complexity index is 987. The van der Waals surface area contributed by atoms with Crippen LogP contribution >= 0.6 is 11.8 Å². The minimum absolute atomic E-state index is 0.277. The van der Waals surface area contributed by atoms with Gasteiger partial charge in [-0.15, -0.1) is 0 Å². The molecule has 1 aromatic carbocycles. The van der Waals surface area contributed by atoms with E-state index >= 15 is 0 Å². The molecule has 26 heavy (non-hydrogen) atoms. The van der Waals surface area contributed by atoms with E-state index in [9.17, 15) is 4.39 Å². The van der Waals surface area contributed by atoms with Gasteiger partial charge >= 0.3 is 0 Å². The molecule has 9 heteroatoms. The number of aryl methyl sites for hydroxylation is 1. The van der Waals surface area contributed by atoms with Crippen LogP contribution in [-0.2, 0) is 0 Å². The molecule has 0 unspecified atom stereocenters. The number of hydrogen-bond acceptors (Lipinski definition) is 5. The number of rotatable bonds is 3. The van der Waals surface area contributed by atoms with E-state index in [-0.39, 0.29) is 5.82 Å². The van der Waals surface area contributed by atoms with Crippen molar-refractivity contribution in [3.8, 4) is 5.95 Å². The van der Waals surface area contributed by atoms with E-state index in [4.69, 9.17) is 0 Å². The molecule has 2 N–H and O–H groups in total. The molecular weight excluding hydrogens is 353 g/mol. The van der Waals surface area contributed by atoms with Crippen molar-refractivity contribution in [1.29, 1.82) is 0 Å². The molecule has 7 nitrogen and oxygen atoms in total. The van der Waals surface area contributed by atoms with Crippen molar-refractivity contribution in [3.63, 3.8) is 0 Å². The van der Waals surface area contributed by atoms with Gasteiger partial charge in [0.05, 0.1) is 11.4 Å². The lowest BCUT2D eigenvalue weighted by Crippen LogP contribution is -2.25. The Morgan fingerprint density at radius 1 is 1.23 bits per heavy atom. The molecule has 0 atom stereocenters. The Kier molecular flexibility index (Phi) is 4.29. The number of H-pyrrole nitrogens is 1. The molecule has 1 aliphatic rings. The van der Waals surface area contributed by atoms with Gasteiger partial charge in [-0.1, -0.05) is 11.8 Å². The van der Waals surface area contributed by atoms with Crippen molar-refractivity contribution in [3.05, 3.63) is 59.4 Å². The summed E-state index contributed by atoms with van der Waals surface area (Å²) in [4.78, 5) is 8.66. The zero-order valence-corrected chi connectivity index (χ0v) is 15.0. The minimum atomic E-state index is -0.277. The Morgan fingerprint density at radius 2 is 2.04 bits per heavy atom. The predicted octanol–water partition coefficient (Wildman–Crippen LogP) is 3.08. The number of nitrogens with one attached hydrogen (secondary N) is 2. The van der Waals surface area contributed by atoms with Crippen molar-refractivity contribution in [2.24, 2.45) is 10.1 Å². The molecule has 0 saturated heterocycles. The van der Waals surface area contributed by atoms with Gasteiger partial charge in [0.1, 0.15) is 12.1 Å². The van der Waals surface area contributed by atoms with Gasteiger partial charge in [0.15, 0.2) is 5.17 Å². The number of hydrazone groups is 1. The fraction of sp³-hybridized carbons (Fsp3) is 0.176. The first-order chi connectivity index (χ1) is 12.6. The third kappa shape index (κ3) is 3.13. The van der Waals surface area contributed by atoms with Gasteiger partial charge in [-0.3, -0.25) is 9.99 Å². The Hall–Kier alpha value is -2.94. The van der Waals surface area contributed by atoms with Crippen molar-refractivity contribution >= 4 is 28.3 Å². The largest absolute Gasteiger partial charge is 0.287 e. The SMILES string of the molecule is Cc1cc(C2=NNC(=Nc3ccc(F)cc3)SC2)c(C)n1-c1ncn[nH]1. The van der Waals surface area contributed by atoms with E-state index in [2.05, 4.69) is 36.8 Å². The molecule has 0 aliphatic carbocycles. The molecule has 0 fully saturated rings. The molecule has 3 heterocycles. The van der Waals surface area contributed by atoms with Crippen LogP contribution in [0.15, 0.2) is 46.8 Å². The fourth-order valence-electron chi connectivity index (χ4n) is 2.83. The maximum atomic E-state index is 13.0. The number of nitrogens with zero attached hydrogens (tertiary/aromatic N) is 5. The topological polar surface area (TPSA) is 83.2 Å². The standard InChI is InChI=1S/C17H16FN7S/c1-10-7-14(11(2)25(10)16-19-9-20-23-16)15-8-26-17(24-22-15)21-13-5-3-12(18)4-6-13/h3-7,9H,8H2,1-2H3,(H,21,24)(H,19,20,23). The maximum Gasteiger partial charge on any atom is 0.229 e. The summed E-state index contributed by atoms with van der Waals surface area (Å²) in [6.45, 7) is 4.05. The summed E-state index contributed by atoms with van der Waals surface area (Å²) >= 11 is 1.56. The number of amidine groups is 1. The molecule has 1 aliphatic heterocycles. The van der Waals surface area contributed by atoms with Crippen LogP contribution in [0.2, 0.25) is 0 Å². The number of halogens is 1. The van der Waals surface area contributed by atoms with Gasteiger partial charge in [0.2, 0.25) is 5.95 Å². The average molecular weight is 369 g/mol. The van der Waals surface area contributed by atoms with Crippen molar-refractivity contribution in [2.75, 3.05) is 5.75 Å². The first kappa shape index (κ1) is 16.5. The average Bonchev–Trinajstić information content (AvgIpc) is 3.25. The summed E-state index contributed by atoms with van der Waals surface area (Å²) in [5.74, 6) is 1.09. The van der Waals surface area contributed by atoms with Crippen LogP contribution < -0.4 is 5.43 Å². The lowest BCUT2D eigenvalue weighted by atomic mass is 10.1. The second-order valence-corrected chi connectivity index (χ2v) is 6.75. The van der Waals surface area contributed by atoms with Gasteiger partial charge in [0.25, 0.3) is 0 Å². The first-order valence-electron chi connectivity index (χ1n) is 7.96.